The number of carboxylic acids is 1. The average molecular weight is 326 g/mol. The van der Waals surface area contributed by atoms with Crippen molar-refractivity contribution < 1.29 is 19.8 Å². The Kier molecular flexibility index (Phi) is 5.21. The first kappa shape index (κ1) is 15.3. The van der Waals surface area contributed by atoms with E-state index in [9.17, 15) is 14.7 Å². The highest BCUT2D eigenvalue weighted by molar-refractivity contribution is 9.09. The maximum atomic E-state index is 11.4. The summed E-state index contributed by atoms with van der Waals surface area (Å²) >= 11 is 3.17. The van der Waals surface area contributed by atoms with Crippen LogP contribution in [0.15, 0.2) is 18.2 Å². The predicted molar refractivity (Wildman–Crippen MR) is 70.7 cm³/mol. The van der Waals surface area contributed by atoms with Crippen LogP contribution in [-0.4, -0.2) is 22.0 Å². The Balaban J connectivity index is 3.34. The molecule has 0 amide bonds. The van der Waals surface area contributed by atoms with Gasteiger partial charge in [-0.05, 0) is 23.6 Å². The molecular formula is C13H12BrNO4. The number of aliphatic hydroxyl groups excluding tert-OH is 1. The van der Waals surface area contributed by atoms with Gasteiger partial charge in [0, 0.05) is 0 Å². The van der Waals surface area contributed by atoms with Gasteiger partial charge in [-0.1, -0.05) is 34.1 Å². The van der Waals surface area contributed by atoms with Crippen LogP contribution in [0, 0.1) is 11.3 Å². The van der Waals surface area contributed by atoms with Gasteiger partial charge in [0.2, 0.25) is 0 Å². The monoisotopic (exact) mass is 325 g/mol. The number of carbonyl (C=O) groups excluding carboxylic acids is 1. The number of benzene rings is 1. The molecule has 0 fully saturated rings. The fourth-order valence-electron chi connectivity index (χ4n) is 1.65. The molecule has 100 valence electrons. The van der Waals surface area contributed by atoms with Crippen LogP contribution >= 0.6 is 15.9 Å². The molecule has 2 N–H and O–H groups in total. The van der Waals surface area contributed by atoms with E-state index in [1.165, 1.54) is 13.0 Å². The number of nitriles is 1. The fraction of sp³-hybridized carbons (Fsp3) is 0.308. The van der Waals surface area contributed by atoms with Gasteiger partial charge in [0.1, 0.15) is 5.78 Å². The number of rotatable bonds is 5. The van der Waals surface area contributed by atoms with Crippen molar-refractivity contribution in [2.45, 2.75) is 24.3 Å². The van der Waals surface area contributed by atoms with Gasteiger partial charge in [-0.2, -0.15) is 5.26 Å². The fourth-order valence-corrected chi connectivity index (χ4v) is 2.04. The molecule has 0 aromatic heterocycles. The van der Waals surface area contributed by atoms with Gasteiger partial charge in [-0.15, -0.1) is 0 Å². The summed E-state index contributed by atoms with van der Waals surface area (Å²) in [5, 5.41) is 27.1. The molecule has 0 saturated carbocycles. The van der Waals surface area contributed by atoms with Gasteiger partial charge in [0.25, 0.3) is 0 Å². The van der Waals surface area contributed by atoms with Crippen LogP contribution in [0.5, 0.6) is 0 Å². The van der Waals surface area contributed by atoms with Crippen molar-refractivity contribution >= 4 is 27.7 Å². The number of hydrogen-bond donors (Lipinski definition) is 2. The summed E-state index contributed by atoms with van der Waals surface area (Å²) in [5.74, 6) is -1.61. The van der Waals surface area contributed by atoms with Crippen molar-refractivity contribution in [2.24, 2.45) is 0 Å². The van der Waals surface area contributed by atoms with Crippen molar-refractivity contribution in [1.82, 2.24) is 0 Å². The lowest BCUT2D eigenvalue weighted by atomic mass is 9.95. The Bertz CT molecular complexity index is 550. The molecular weight excluding hydrogens is 314 g/mol. The van der Waals surface area contributed by atoms with Gasteiger partial charge in [0.15, 0.2) is 6.10 Å². The van der Waals surface area contributed by atoms with E-state index >= 15 is 0 Å². The van der Waals surface area contributed by atoms with E-state index in [1.54, 1.807) is 12.1 Å². The van der Waals surface area contributed by atoms with E-state index in [4.69, 9.17) is 10.4 Å². The summed E-state index contributed by atoms with van der Waals surface area (Å²) in [6.07, 6.45) is -1.56. The minimum absolute atomic E-state index is 0.145. The molecule has 6 heteroatoms. The molecule has 0 aliphatic rings. The molecule has 1 aromatic rings. The van der Waals surface area contributed by atoms with Crippen LogP contribution in [0.2, 0.25) is 0 Å². The SMILES string of the molecule is CC(=O)C(Br)c1cc(CC#N)ccc1C(O)C(=O)O. The molecule has 0 heterocycles. The molecule has 1 aromatic carbocycles. The first-order chi connectivity index (χ1) is 8.88. The summed E-state index contributed by atoms with van der Waals surface area (Å²) in [6.45, 7) is 1.35. The molecule has 0 aliphatic carbocycles. The number of carbonyl (C=O) groups is 2. The average Bonchev–Trinajstić information content (AvgIpc) is 2.37. The van der Waals surface area contributed by atoms with E-state index in [0.29, 0.717) is 11.1 Å². The molecule has 1 rings (SSSR count). The number of carboxylic acid groups (broad SMARTS) is 1. The van der Waals surface area contributed by atoms with Gasteiger partial charge in [0.05, 0.1) is 17.3 Å². The number of aliphatic carboxylic acids is 1. The predicted octanol–water partition coefficient (Wildman–Crippen LogP) is 1.90. The summed E-state index contributed by atoms with van der Waals surface area (Å²) in [7, 11) is 0. The molecule has 0 aliphatic heterocycles. The lowest BCUT2D eigenvalue weighted by molar-refractivity contribution is -0.147. The van der Waals surface area contributed by atoms with E-state index in [1.807, 2.05) is 6.07 Å². The van der Waals surface area contributed by atoms with Crippen molar-refractivity contribution in [3.05, 3.63) is 34.9 Å². The maximum absolute atomic E-state index is 11.4. The van der Waals surface area contributed by atoms with Gasteiger partial charge in [-0.3, -0.25) is 4.79 Å². The normalized spacial score (nSPS) is 13.4. The Morgan fingerprint density at radius 3 is 2.53 bits per heavy atom. The second-order valence-electron chi connectivity index (χ2n) is 4.01. The zero-order chi connectivity index (χ0) is 14.6. The number of ketones is 1. The van der Waals surface area contributed by atoms with Crippen LogP contribution in [0.4, 0.5) is 0 Å². The highest BCUT2D eigenvalue weighted by atomic mass is 79.9. The second-order valence-corrected chi connectivity index (χ2v) is 4.93. The Morgan fingerprint density at radius 1 is 1.42 bits per heavy atom. The Hall–Kier alpha value is -1.71. The van der Waals surface area contributed by atoms with Crippen LogP contribution in [0.25, 0.3) is 0 Å². The van der Waals surface area contributed by atoms with Crippen LogP contribution < -0.4 is 0 Å². The number of nitrogens with zero attached hydrogens (tertiary/aromatic N) is 1. The highest BCUT2D eigenvalue weighted by Gasteiger charge is 2.24. The molecule has 2 atom stereocenters. The third kappa shape index (κ3) is 3.63. The molecule has 0 spiro atoms. The van der Waals surface area contributed by atoms with Gasteiger partial charge < -0.3 is 10.2 Å². The summed E-state index contributed by atoms with van der Waals surface area (Å²) in [6, 6.07) is 6.52. The topological polar surface area (TPSA) is 98.4 Å². The third-order valence-corrected chi connectivity index (χ3v) is 3.73. The number of halogens is 1. The molecule has 2 unspecified atom stereocenters. The third-order valence-electron chi connectivity index (χ3n) is 2.59. The van der Waals surface area contributed by atoms with Gasteiger partial charge in [-0.25, -0.2) is 4.79 Å². The molecule has 0 radical (unpaired) electrons. The van der Waals surface area contributed by atoms with Crippen LogP contribution in [0.3, 0.4) is 0 Å². The summed E-state index contributed by atoms with van der Waals surface area (Å²) in [4.78, 5) is 21.6. The minimum atomic E-state index is -1.70. The highest BCUT2D eigenvalue weighted by Crippen LogP contribution is 2.31. The quantitative estimate of drug-likeness (QED) is 0.805. The standard InChI is InChI=1S/C13H12BrNO4/c1-7(16)11(14)10-6-8(4-5-15)2-3-9(10)12(17)13(18)19/h2-3,6,11-12,17H,4H2,1H3,(H,18,19). The zero-order valence-electron chi connectivity index (χ0n) is 10.1. The molecule has 0 bridgehead atoms. The van der Waals surface area contributed by atoms with Crippen molar-refractivity contribution in [3.63, 3.8) is 0 Å². The second kappa shape index (κ2) is 6.45. The number of Topliss-reactive ketones (excluding diaryl/α,β-unsaturated/α-hetero) is 1. The van der Waals surface area contributed by atoms with E-state index in [2.05, 4.69) is 15.9 Å². The largest absolute Gasteiger partial charge is 0.479 e. The van der Waals surface area contributed by atoms with Crippen molar-refractivity contribution in [3.8, 4) is 6.07 Å². The number of hydrogen-bond acceptors (Lipinski definition) is 4. The van der Waals surface area contributed by atoms with E-state index in [-0.39, 0.29) is 17.8 Å². The maximum Gasteiger partial charge on any atom is 0.337 e. The summed E-state index contributed by atoms with van der Waals surface area (Å²) in [5.41, 5.74) is 1.17. The smallest absolute Gasteiger partial charge is 0.337 e. The van der Waals surface area contributed by atoms with Crippen LogP contribution in [0.1, 0.15) is 34.5 Å². The number of alkyl halides is 1. The van der Waals surface area contributed by atoms with Gasteiger partial charge >= 0.3 is 5.97 Å². The zero-order valence-corrected chi connectivity index (χ0v) is 11.7. The first-order valence-electron chi connectivity index (χ1n) is 5.43. The van der Waals surface area contributed by atoms with E-state index < -0.39 is 16.9 Å². The van der Waals surface area contributed by atoms with E-state index in [0.717, 1.165) is 0 Å². The minimum Gasteiger partial charge on any atom is -0.479 e. The molecule has 19 heavy (non-hydrogen) atoms. The number of aliphatic hydroxyl groups is 1. The van der Waals surface area contributed by atoms with Crippen LogP contribution in [-0.2, 0) is 16.0 Å². The molecule has 5 nitrogen and oxygen atoms in total. The lowest BCUT2D eigenvalue weighted by Crippen LogP contribution is -2.15. The Morgan fingerprint density at radius 2 is 2.05 bits per heavy atom. The molecule has 0 saturated heterocycles. The van der Waals surface area contributed by atoms with Crippen molar-refractivity contribution in [1.29, 1.82) is 5.26 Å². The lowest BCUT2D eigenvalue weighted by Gasteiger charge is -2.16. The Labute approximate surface area is 118 Å². The summed E-state index contributed by atoms with van der Waals surface area (Å²) < 4.78 is 0. The first-order valence-corrected chi connectivity index (χ1v) is 6.35. The van der Waals surface area contributed by atoms with Crippen molar-refractivity contribution in [2.75, 3.05) is 0 Å².